The van der Waals surface area contributed by atoms with E-state index in [9.17, 15) is 22.8 Å². The van der Waals surface area contributed by atoms with Gasteiger partial charge in [0.1, 0.15) is 0 Å². The molecule has 2 aliphatic heterocycles. The summed E-state index contributed by atoms with van der Waals surface area (Å²) in [4.78, 5) is 30.3. The van der Waals surface area contributed by atoms with Gasteiger partial charge in [-0.05, 0) is 62.0 Å². The Morgan fingerprint density at radius 3 is 2.32 bits per heavy atom. The van der Waals surface area contributed by atoms with Crippen LogP contribution in [0.4, 0.5) is 50.8 Å². The van der Waals surface area contributed by atoms with E-state index in [4.69, 9.17) is 0 Å². The lowest BCUT2D eigenvalue weighted by atomic mass is 10.1. The maximum absolute atomic E-state index is 15.4. The lowest BCUT2D eigenvalue weighted by Crippen LogP contribution is -2.45. The maximum Gasteiger partial charge on any atom is 0.418 e. The van der Waals surface area contributed by atoms with Crippen molar-refractivity contribution in [2.24, 2.45) is 0 Å². The first-order valence-electron chi connectivity index (χ1n) is 13.2. The number of carbonyl (C=O) groups is 2. The molecule has 0 radical (unpaired) electrons. The third-order valence-electron chi connectivity index (χ3n) is 7.39. The van der Waals surface area contributed by atoms with Gasteiger partial charge in [0.15, 0.2) is 5.82 Å². The first kappa shape index (κ1) is 28.2. The molecule has 0 unspecified atom stereocenters. The van der Waals surface area contributed by atoms with Crippen molar-refractivity contribution in [3.05, 3.63) is 77.1 Å². The van der Waals surface area contributed by atoms with Crippen LogP contribution >= 0.6 is 0 Å². The van der Waals surface area contributed by atoms with Crippen molar-refractivity contribution in [3.63, 3.8) is 0 Å². The fourth-order valence-corrected chi connectivity index (χ4v) is 5.22. The number of amides is 3. The van der Waals surface area contributed by atoms with Crippen molar-refractivity contribution in [2.45, 2.75) is 12.6 Å². The second-order valence-corrected chi connectivity index (χ2v) is 10.1. The number of piperazine rings is 1. The van der Waals surface area contributed by atoms with Crippen LogP contribution in [-0.2, 0) is 12.6 Å². The minimum absolute atomic E-state index is 0.0588. The largest absolute Gasteiger partial charge is 0.418 e. The molecule has 2 aliphatic rings. The van der Waals surface area contributed by atoms with Crippen molar-refractivity contribution in [2.75, 3.05) is 67.3 Å². The SMILES string of the molecule is CNC(=O)c1cccc(N2CCc3c2ccc(NC(=O)Nc2ccc(N4CCN(C)CC4)c(C(F)(F)F)c2)c3F)c1. The number of hydrogen-bond acceptors (Lipinski definition) is 5. The van der Waals surface area contributed by atoms with Crippen LogP contribution < -0.4 is 25.8 Å². The van der Waals surface area contributed by atoms with Gasteiger partial charge < -0.3 is 30.7 Å². The van der Waals surface area contributed by atoms with Crippen LogP contribution in [0.25, 0.3) is 0 Å². The molecule has 1 saturated heterocycles. The molecule has 5 rings (SSSR count). The average molecular weight is 571 g/mol. The Kier molecular flexibility index (Phi) is 7.76. The molecule has 0 aliphatic carbocycles. The van der Waals surface area contributed by atoms with Crippen LogP contribution in [-0.4, -0.2) is 63.7 Å². The predicted molar refractivity (Wildman–Crippen MR) is 151 cm³/mol. The number of nitrogens with zero attached hydrogens (tertiary/aromatic N) is 3. The molecule has 0 aromatic heterocycles. The average Bonchev–Trinajstić information content (AvgIpc) is 3.39. The summed E-state index contributed by atoms with van der Waals surface area (Å²) in [5.41, 5.74) is 1.27. The number of alkyl halides is 3. The maximum atomic E-state index is 15.4. The Bertz CT molecular complexity index is 1470. The number of carbonyl (C=O) groups excluding carboxylic acids is 2. The third-order valence-corrected chi connectivity index (χ3v) is 7.39. The molecule has 216 valence electrons. The van der Waals surface area contributed by atoms with Crippen LogP contribution in [0.1, 0.15) is 21.5 Å². The Morgan fingerprint density at radius 2 is 1.61 bits per heavy atom. The van der Waals surface area contributed by atoms with Crippen molar-refractivity contribution in [1.82, 2.24) is 10.2 Å². The standard InChI is InChI=1S/C29H30F4N6O2/c1-34-27(40)18-4-3-5-20(16-18)39-11-10-21-24(39)9-7-23(26(21)30)36-28(41)35-19-6-8-25(22(17-19)29(31,32)33)38-14-12-37(2)13-15-38/h3-9,16-17H,10-15H2,1-2H3,(H,34,40)(H2,35,36,41). The fourth-order valence-electron chi connectivity index (χ4n) is 5.22. The molecule has 0 spiro atoms. The van der Waals surface area contributed by atoms with Gasteiger partial charge in [0.2, 0.25) is 0 Å². The van der Waals surface area contributed by atoms with E-state index in [-0.39, 0.29) is 23.0 Å². The highest BCUT2D eigenvalue weighted by atomic mass is 19.4. The highest BCUT2D eigenvalue weighted by Gasteiger charge is 2.36. The molecular formula is C29H30F4N6O2. The monoisotopic (exact) mass is 570 g/mol. The Balaban J connectivity index is 1.31. The summed E-state index contributed by atoms with van der Waals surface area (Å²) < 4.78 is 57.2. The zero-order chi connectivity index (χ0) is 29.3. The second-order valence-electron chi connectivity index (χ2n) is 10.1. The van der Waals surface area contributed by atoms with Gasteiger partial charge >= 0.3 is 12.2 Å². The van der Waals surface area contributed by atoms with E-state index in [0.29, 0.717) is 56.0 Å². The molecule has 0 atom stereocenters. The van der Waals surface area contributed by atoms with E-state index < -0.39 is 23.6 Å². The number of likely N-dealkylation sites (N-methyl/N-ethyl adjacent to an activating group) is 1. The van der Waals surface area contributed by atoms with Crippen molar-refractivity contribution >= 4 is 40.4 Å². The summed E-state index contributed by atoms with van der Waals surface area (Å²) in [5.74, 6) is -0.858. The third kappa shape index (κ3) is 5.92. The molecule has 0 saturated carbocycles. The van der Waals surface area contributed by atoms with Gasteiger partial charge in [0, 0.05) is 73.6 Å². The molecule has 3 aromatic carbocycles. The summed E-state index contributed by atoms with van der Waals surface area (Å²) in [7, 11) is 3.46. The van der Waals surface area contributed by atoms with Gasteiger partial charge in [0.05, 0.1) is 11.3 Å². The van der Waals surface area contributed by atoms with Crippen LogP contribution in [0.3, 0.4) is 0 Å². The molecule has 12 heteroatoms. The minimum atomic E-state index is -4.62. The molecule has 3 amide bonds. The zero-order valence-electron chi connectivity index (χ0n) is 22.6. The highest BCUT2D eigenvalue weighted by Crippen LogP contribution is 2.40. The quantitative estimate of drug-likeness (QED) is 0.363. The van der Waals surface area contributed by atoms with E-state index in [2.05, 4.69) is 16.0 Å². The highest BCUT2D eigenvalue weighted by molar-refractivity contribution is 6.00. The van der Waals surface area contributed by atoms with Gasteiger partial charge in [-0.3, -0.25) is 4.79 Å². The molecule has 3 aromatic rings. The fraction of sp³-hybridized carbons (Fsp3) is 0.310. The number of hydrogen-bond donors (Lipinski definition) is 3. The summed E-state index contributed by atoms with van der Waals surface area (Å²) >= 11 is 0. The lowest BCUT2D eigenvalue weighted by molar-refractivity contribution is -0.137. The van der Waals surface area contributed by atoms with Crippen LogP contribution in [0.5, 0.6) is 0 Å². The summed E-state index contributed by atoms with van der Waals surface area (Å²) in [6, 6.07) is 12.8. The smallest absolute Gasteiger partial charge is 0.368 e. The zero-order valence-corrected chi connectivity index (χ0v) is 22.6. The molecule has 8 nitrogen and oxygen atoms in total. The van der Waals surface area contributed by atoms with Crippen molar-refractivity contribution in [1.29, 1.82) is 0 Å². The Morgan fingerprint density at radius 1 is 0.878 bits per heavy atom. The van der Waals surface area contributed by atoms with E-state index >= 15 is 4.39 Å². The first-order chi connectivity index (χ1) is 19.5. The van der Waals surface area contributed by atoms with Gasteiger partial charge in [-0.1, -0.05) is 6.07 Å². The topological polar surface area (TPSA) is 79.9 Å². The lowest BCUT2D eigenvalue weighted by Gasteiger charge is -2.35. The molecule has 0 bridgehead atoms. The normalized spacial score (nSPS) is 15.5. The van der Waals surface area contributed by atoms with Crippen LogP contribution in [0.2, 0.25) is 0 Å². The number of benzene rings is 3. The van der Waals surface area contributed by atoms with Gasteiger partial charge in [-0.15, -0.1) is 0 Å². The predicted octanol–water partition coefficient (Wildman–Crippen LogP) is 5.29. The van der Waals surface area contributed by atoms with Gasteiger partial charge in [-0.25, -0.2) is 9.18 Å². The molecule has 1 fully saturated rings. The van der Waals surface area contributed by atoms with E-state index in [1.165, 1.54) is 18.2 Å². The second kappa shape index (κ2) is 11.3. The Hall–Kier alpha value is -4.32. The van der Waals surface area contributed by atoms with Crippen LogP contribution in [0, 0.1) is 5.82 Å². The number of fused-ring (bicyclic) bond motifs is 1. The summed E-state index contributed by atoms with van der Waals surface area (Å²) in [6.45, 7) is 2.68. The van der Waals surface area contributed by atoms with Crippen LogP contribution in [0.15, 0.2) is 54.6 Å². The molecule has 2 heterocycles. The van der Waals surface area contributed by atoms with Crippen molar-refractivity contribution in [3.8, 4) is 0 Å². The number of rotatable bonds is 5. The molecule has 3 N–H and O–H groups in total. The van der Waals surface area contributed by atoms with Gasteiger partial charge in [0.25, 0.3) is 5.91 Å². The van der Waals surface area contributed by atoms with E-state index in [1.54, 1.807) is 36.2 Å². The number of urea groups is 1. The number of nitrogens with one attached hydrogen (secondary N) is 3. The number of halogens is 4. The minimum Gasteiger partial charge on any atom is -0.368 e. The van der Waals surface area contributed by atoms with E-state index in [1.807, 2.05) is 22.9 Å². The van der Waals surface area contributed by atoms with Gasteiger partial charge in [-0.2, -0.15) is 13.2 Å². The number of anilines is 5. The molecule has 41 heavy (non-hydrogen) atoms. The van der Waals surface area contributed by atoms with E-state index in [0.717, 1.165) is 11.8 Å². The first-order valence-corrected chi connectivity index (χ1v) is 13.2. The summed E-state index contributed by atoms with van der Waals surface area (Å²) in [5, 5.41) is 7.40. The summed E-state index contributed by atoms with van der Waals surface area (Å²) in [6.07, 6.45) is -4.25. The molecular weight excluding hydrogens is 540 g/mol. The van der Waals surface area contributed by atoms with Crippen molar-refractivity contribution < 1.29 is 27.2 Å². The Labute approximate surface area is 234 Å².